The Labute approximate surface area is 115 Å². The maximum Gasteiger partial charge on any atom is 0.320 e. The van der Waals surface area contributed by atoms with Crippen LogP contribution in [0.3, 0.4) is 0 Å². The van der Waals surface area contributed by atoms with E-state index in [1.54, 1.807) is 7.11 Å². The second-order valence-corrected chi connectivity index (χ2v) is 6.37. The van der Waals surface area contributed by atoms with Gasteiger partial charge in [0.1, 0.15) is 0 Å². The Kier molecular flexibility index (Phi) is 3.43. The molecule has 0 aromatic rings. The van der Waals surface area contributed by atoms with Gasteiger partial charge in [-0.05, 0) is 26.7 Å². The molecule has 0 aromatic carbocycles. The van der Waals surface area contributed by atoms with E-state index in [9.17, 15) is 4.79 Å². The molecule has 2 amide bonds. The van der Waals surface area contributed by atoms with E-state index in [0.29, 0.717) is 18.1 Å². The lowest BCUT2D eigenvalue weighted by Gasteiger charge is -2.57. The van der Waals surface area contributed by atoms with Gasteiger partial charge in [0.15, 0.2) is 0 Å². The van der Waals surface area contributed by atoms with Crippen LogP contribution in [-0.4, -0.2) is 78.2 Å². The highest BCUT2D eigenvalue weighted by atomic mass is 16.5. The number of carbonyl (C=O) groups is 1. The van der Waals surface area contributed by atoms with Crippen LogP contribution in [0.4, 0.5) is 4.79 Å². The highest BCUT2D eigenvalue weighted by Crippen LogP contribution is 2.34. The summed E-state index contributed by atoms with van der Waals surface area (Å²) in [5, 5.41) is 0. The first-order valence-corrected chi connectivity index (χ1v) is 7.44. The van der Waals surface area contributed by atoms with Crippen molar-refractivity contribution in [3.63, 3.8) is 0 Å². The predicted octanol–water partition coefficient (Wildman–Crippen LogP) is 0.994. The van der Waals surface area contributed by atoms with E-state index in [1.807, 2.05) is 4.90 Å². The van der Waals surface area contributed by atoms with E-state index < -0.39 is 0 Å². The van der Waals surface area contributed by atoms with E-state index in [-0.39, 0.29) is 12.1 Å². The van der Waals surface area contributed by atoms with Gasteiger partial charge in [0.05, 0.1) is 6.10 Å². The Bertz CT molecular complexity index is 349. The molecule has 0 aromatic heterocycles. The van der Waals surface area contributed by atoms with Crippen LogP contribution in [0.25, 0.3) is 0 Å². The second kappa shape index (κ2) is 4.94. The number of hydrogen-bond donors (Lipinski definition) is 0. The van der Waals surface area contributed by atoms with Gasteiger partial charge in [-0.15, -0.1) is 0 Å². The summed E-state index contributed by atoms with van der Waals surface area (Å²) in [5.74, 6) is 0. The Balaban J connectivity index is 1.58. The van der Waals surface area contributed by atoms with Crippen LogP contribution in [0.2, 0.25) is 0 Å². The van der Waals surface area contributed by atoms with E-state index in [2.05, 4.69) is 23.6 Å². The number of ether oxygens (including phenoxy) is 1. The second-order valence-electron chi connectivity index (χ2n) is 6.37. The molecule has 19 heavy (non-hydrogen) atoms. The molecule has 0 radical (unpaired) electrons. The standard InChI is InChI=1S/C14H25N3O2/c1-10(2)16-7-11-6-12(8-16)17(11)14(18)15-5-4-13(9-15)19-3/h10-13H,4-9H2,1-3H3. The number of fused-ring (bicyclic) bond motifs is 2. The molecule has 3 atom stereocenters. The number of likely N-dealkylation sites (tertiary alicyclic amines) is 3. The molecule has 0 spiro atoms. The van der Waals surface area contributed by atoms with Gasteiger partial charge in [-0.1, -0.05) is 0 Å². The zero-order valence-corrected chi connectivity index (χ0v) is 12.2. The largest absolute Gasteiger partial charge is 0.380 e. The fourth-order valence-corrected chi connectivity index (χ4v) is 3.63. The molecule has 0 aliphatic carbocycles. The van der Waals surface area contributed by atoms with Crippen molar-refractivity contribution in [3.8, 4) is 0 Å². The molecule has 3 aliphatic rings. The van der Waals surface area contributed by atoms with Crippen molar-refractivity contribution in [1.29, 1.82) is 0 Å². The summed E-state index contributed by atoms with van der Waals surface area (Å²) < 4.78 is 5.34. The molecule has 3 aliphatic heterocycles. The highest BCUT2D eigenvalue weighted by Gasteiger charge is 2.49. The van der Waals surface area contributed by atoms with E-state index >= 15 is 0 Å². The lowest BCUT2D eigenvalue weighted by Crippen LogP contribution is -2.72. The number of piperazine rings is 1. The van der Waals surface area contributed by atoms with Gasteiger partial charge in [0.2, 0.25) is 0 Å². The molecule has 0 saturated carbocycles. The summed E-state index contributed by atoms with van der Waals surface area (Å²) in [6.07, 6.45) is 2.40. The maximum atomic E-state index is 12.6. The third-order valence-electron chi connectivity index (χ3n) is 4.92. The Morgan fingerprint density at radius 3 is 2.42 bits per heavy atom. The fourth-order valence-electron chi connectivity index (χ4n) is 3.63. The van der Waals surface area contributed by atoms with E-state index in [0.717, 1.165) is 32.6 Å². The molecular weight excluding hydrogens is 242 g/mol. The van der Waals surface area contributed by atoms with Gasteiger partial charge in [-0.3, -0.25) is 4.90 Å². The molecule has 3 saturated heterocycles. The maximum absolute atomic E-state index is 12.6. The first-order chi connectivity index (χ1) is 9.10. The number of carbonyl (C=O) groups excluding carboxylic acids is 1. The third kappa shape index (κ3) is 2.23. The summed E-state index contributed by atoms with van der Waals surface area (Å²) in [4.78, 5) is 19.1. The van der Waals surface area contributed by atoms with Crippen LogP contribution in [0, 0.1) is 0 Å². The third-order valence-corrected chi connectivity index (χ3v) is 4.92. The van der Waals surface area contributed by atoms with Crippen LogP contribution in [0.15, 0.2) is 0 Å². The van der Waals surface area contributed by atoms with Gasteiger partial charge >= 0.3 is 6.03 Å². The number of nitrogens with zero attached hydrogens (tertiary/aromatic N) is 3. The normalized spacial score (nSPS) is 34.8. The Hall–Kier alpha value is -0.810. The molecule has 3 rings (SSSR count). The summed E-state index contributed by atoms with van der Waals surface area (Å²) in [7, 11) is 1.73. The zero-order chi connectivity index (χ0) is 13.6. The van der Waals surface area contributed by atoms with Crippen molar-refractivity contribution in [2.45, 2.75) is 50.9 Å². The molecule has 2 bridgehead atoms. The average Bonchev–Trinajstić information content (AvgIpc) is 2.87. The predicted molar refractivity (Wildman–Crippen MR) is 73.1 cm³/mol. The molecular formula is C14H25N3O2. The van der Waals surface area contributed by atoms with Gasteiger partial charge in [0.25, 0.3) is 0 Å². The molecule has 0 N–H and O–H groups in total. The van der Waals surface area contributed by atoms with Crippen molar-refractivity contribution in [2.75, 3.05) is 33.3 Å². The first kappa shape index (κ1) is 13.2. The molecule has 3 heterocycles. The molecule has 108 valence electrons. The molecule has 5 nitrogen and oxygen atoms in total. The summed E-state index contributed by atoms with van der Waals surface area (Å²) in [5.41, 5.74) is 0. The molecule has 3 unspecified atom stereocenters. The summed E-state index contributed by atoms with van der Waals surface area (Å²) >= 11 is 0. The van der Waals surface area contributed by atoms with Crippen LogP contribution in [-0.2, 0) is 4.74 Å². The molecule has 5 heteroatoms. The Morgan fingerprint density at radius 2 is 1.89 bits per heavy atom. The van der Waals surface area contributed by atoms with Crippen LogP contribution < -0.4 is 0 Å². The van der Waals surface area contributed by atoms with Crippen LogP contribution in [0.5, 0.6) is 0 Å². The van der Waals surface area contributed by atoms with Gasteiger partial charge in [-0.2, -0.15) is 0 Å². The van der Waals surface area contributed by atoms with Crippen molar-refractivity contribution >= 4 is 6.03 Å². The van der Waals surface area contributed by atoms with Gasteiger partial charge in [0, 0.05) is 51.4 Å². The number of amides is 2. The quantitative estimate of drug-likeness (QED) is 0.749. The van der Waals surface area contributed by atoms with E-state index in [1.165, 1.54) is 6.42 Å². The first-order valence-electron chi connectivity index (χ1n) is 7.44. The monoisotopic (exact) mass is 267 g/mol. The summed E-state index contributed by atoms with van der Waals surface area (Å²) in [6, 6.07) is 1.71. The van der Waals surface area contributed by atoms with Gasteiger partial charge in [-0.25, -0.2) is 4.79 Å². The Morgan fingerprint density at radius 1 is 1.21 bits per heavy atom. The lowest BCUT2D eigenvalue weighted by atomic mass is 9.87. The van der Waals surface area contributed by atoms with Gasteiger partial charge < -0.3 is 14.5 Å². The highest BCUT2D eigenvalue weighted by molar-refractivity contribution is 5.77. The van der Waals surface area contributed by atoms with Crippen molar-refractivity contribution in [1.82, 2.24) is 14.7 Å². The minimum Gasteiger partial charge on any atom is -0.380 e. The van der Waals surface area contributed by atoms with Crippen molar-refractivity contribution < 1.29 is 9.53 Å². The average molecular weight is 267 g/mol. The van der Waals surface area contributed by atoms with Crippen LogP contribution in [0.1, 0.15) is 26.7 Å². The number of hydrogen-bond acceptors (Lipinski definition) is 3. The van der Waals surface area contributed by atoms with Crippen molar-refractivity contribution in [3.05, 3.63) is 0 Å². The smallest absolute Gasteiger partial charge is 0.320 e. The SMILES string of the molecule is COC1CCN(C(=O)N2C3CC2CN(C(C)C)C3)C1. The number of methoxy groups -OCH3 is 1. The minimum absolute atomic E-state index is 0.234. The van der Waals surface area contributed by atoms with Crippen molar-refractivity contribution in [2.24, 2.45) is 0 Å². The number of piperidine rings is 1. The minimum atomic E-state index is 0.234. The zero-order valence-electron chi connectivity index (χ0n) is 12.2. The summed E-state index contributed by atoms with van der Waals surface area (Å²) in [6.45, 7) is 8.17. The van der Waals surface area contributed by atoms with Crippen LogP contribution >= 0.6 is 0 Å². The van der Waals surface area contributed by atoms with E-state index in [4.69, 9.17) is 4.74 Å². The number of urea groups is 1. The molecule has 3 fully saturated rings. The fraction of sp³-hybridized carbons (Fsp3) is 0.929. The lowest BCUT2D eigenvalue weighted by molar-refractivity contribution is -0.0548. The number of rotatable bonds is 2. The topological polar surface area (TPSA) is 36.0 Å².